The summed E-state index contributed by atoms with van der Waals surface area (Å²) in [6, 6.07) is 0. The van der Waals surface area contributed by atoms with Crippen molar-refractivity contribution in [1.82, 2.24) is 0 Å². The van der Waals surface area contributed by atoms with Crippen molar-refractivity contribution in [1.29, 1.82) is 0 Å². The van der Waals surface area contributed by atoms with Gasteiger partial charge in [0.25, 0.3) is 0 Å². The molecule has 0 amide bonds. The topological polar surface area (TPSA) is 237 Å². The highest BCUT2D eigenvalue weighted by molar-refractivity contribution is 7.47. The van der Waals surface area contributed by atoms with E-state index in [0.29, 0.717) is 31.6 Å². The summed E-state index contributed by atoms with van der Waals surface area (Å²) in [6.07, 6.45) is 59.8. The van der Waals surface area contributed by atoms with Crippen LogP contribution in [-0.4, -0.2) is 96.7 Å². The van der Waals surface area contributed by atoms with E-state index < -0.39 is 97.5 Å². The molecule has 0 aliphatic heterocycles. The fourth-order valence-electron chi connectivity index (χ4n) is 12.5. The normalized spacial score (nSPS) is 14.2. The lowest BCUT2D eigenvalue weighted by Gasteiger charge is -2.21. The van der Waals surface area contributed by atoms with Crippen molar-refractivity contribution in [2.45, 2.75) is 439 Å². The van der Waals surface area contributed by atoms with Crippen molar-refractivity contribution in [2.75, 3.05) is 39.6 Å². The Kier molecular flexibility index (Phi) is 69.9. The molecular weight excluding hydrogens is 1310 g/mol. The first-order valence-corrected chi connectivity index (χ1v) is 44.9. The number of rotatable bonds is 79. The molecule has 0 heterocycles. The zero-order valence-electron chi connectivity index (χ0n) is 65.7. The van der Waals surface area contributed by atoms with Crippen LogP contribution in [0, 0.1) is 17.8 Å². The predicted octanol–water partition coefficient (Wildman–Crippen LogP) is 24.1. The lowest BCUT2D eigenvalue weighted by Crippen LogP contribution is -2.30. The van der Waals surface area contributed by atoms with Crippen LogP contribution in [0.5, 0.6) is 0 Å². The monoisotopic (exact) mass is 1470 g/mol. The molecule has 3 unspecified atom stereocenters. The van der Waals surface area contributed by atoms with Gasteiger partial charge in [-0.15, -0.1) is 0 Å². The van der Waals surface area contributed by atoms with Crippen molar-refractivity contribution in [2.24, 2.45) is 17.8 Å². The fourth-order valence-corrected chi connectivity index (χ4v) is 14.0. The molecule has 0 radical (unpaired) electrons. The van der Waals surface area contributed by atoms with Gasteiger partial charge in [-0.05, 0) is 43.4 Å². The first kappa shape index (κ1) is 98.1. The maximum atomic E-state index is 13.1. The van der Waals surface area contributed by atoms with Gasteiger partial charge < -0.3 is 33.8 Å². The second-order valence-corrected chi connectivity index (χ2v) is 33.3. The minimum Gasteiger partial charge on any atom is -0.462 e. The number of unbranched alkanes of at least 4 members (excludes halogenated alkanes) is 46. The minimum atomic E-state index is -4.96. The van der Waals surface area contributed by atoms with E-state index in [9.17, 15) is 43.2 Å². The Hall–Kier alpha value is -1.94. The van der Waals surface area contributed by atoms with E-state index in [-0.39, 0.29) is 25.7 Å². The summed E-state index contributed by atoms with van der Waals surface area (Å²) in [4.78, 5) is 73.0. The van der Waals surface area contributed by atoms with Gasteiger partial charge in [0.1, 0.15) is 19.3 Å². The van der Waals surface area contributed by atoms with Crippen molar-refractivity contribution in [3.05, 3.63) is 0 Å². The van der Waals surface area contributed by atoms with E-state index in [4.69, 9.17) is 37.0 Å². The molecule has 3 N–H and O–H groups in total. The Labute approximate surface area is 613 Å². The number of carbonyl (C=O) groups excluding carboxylic acids is 4. The molecule has 0 aromatic heterocycles. The third-order valence-electron chi connectivity index (χ3n) is 19.2. The molecule has 0 fully saturated rings. The van der Waals surface area contributed by atoms with Crippen molar-refractivity contribution < 1.29 is 80.2 Å². The van der Waals surface area contributed by atoms with Gasteiger partial charge in [0.05, 0.1) is 26.4 Å². The minimum absolute atomic E-state index is 0.105. The number of carbonyl (C=O) groups is 4. The van der Waals surface area contributed by atoms with Crippen LogP contribution in [0.3, 0.4) is 0 Å². The molecule has 0 aromatic rings. The highest BCUT2D eigenvalue weighted by Crippen LogP contribution is 2.45. The number of ether oxygens (including phenoxy) is 4. The molecule has 0 aliphatic carbocycles. The van der Waals surface area contributed by atoms with Crippen LogP contribution >= 0.6 is 15.6 Å². The zero-order valence-corrected chi connectivity index (χ0v) is 67.5. The number of esters is 4. The Morgan fingerprint density at radius 3 is 0.760 bits per heavy atom. The summed E-state index contributed by atoms with van der Waals surface area (Å²) in [7, 11) is -9.92. The molecule has 594 valence electrons. The summed E-state index contributed by atoms with van der Waals surface area (Å²) >= 11 is 0. The summed E-state index contributed by atoms with van der Waals surface area (Å²) in [5, 5.41) is 10.6. The Bertz CT molecular complexity index is 1940. The Morgan fingerprint density at radius 2 is 0.510 bits per heavy atom. The van der Waals surface area contributed by atoms with Gasteiger partial charge in [-0.1, -0.05) is 370 Å². The third kappa shape index (κ3) is 73.0. The van der Waals surface area contributed by atoms with E-state index >= 15 is 0 Å². The largest absolute Gasteiger partial charge is 0.472 e. The first-order chi connectivity index (χ1) is 48.3. The molecule has 19 heteroatoms. The van der Waals surface area contributed by atoms with Crippen molar-refractivity contribution in [3.8, 4) is 0 Å². The number of aliphatic hydroxyl groups excluding tert-OH is 1. The summed E-state index contributed by atoms with van der Waals surface area (Å²) in [5.41, 5.74) is 0. The van der Waals surface area contributed by atoms with Crippen molar-refractivity contribution in [3.63, 3.8) is 0 Å². The quantitative estimate of drug-likeness (QED) is 0.0222. The highest BCUT2D eigenvalue weighted by atomic mass is 31.2. The van der Waals surface area contributed by atoms with Gasteiger partial charge in [0, 0.05) is 25.7 Å². The molecule has 6 atom stereocenters. The Balaban J connectivity index is 5.23. The van der Waals surface area contributed by atoms with E-state index in [0.717, 1.165) is 108 Å². The lowest BCUT2D eigenvalue weighted by molar-refractivity contribution is -0.161. The van der Waals surface area contributed by atoms with Crippen LogP contribution in [0.25, 0.3) is 0 Å². The van der Waals surface area contributed by atoms with E-state index in [1.807, 2.05) is 0 Å². The molecule has 0 saturated carbocycles. The number of hydrogen-bond acceptors (Lipinski definition) is 15. The van der Waals surface area contributed by atoms with E-state index in [1.165, 1.54) is 225 Å². The SMILES string of the molecule is CCCCCCCCCCCCCCCCCCCCC(=O)OC[C@H](COP(=O)(O)OC[C@@H](O)COP(=O)(O)OC[C@@H](COC(=O)CCCCCCCCC(C)C)OC(=O)CCCCCCCCCCCCC(C)CC)OC(=O)CCCCCCCCCCCCCCCCCCC(C)C. The fraction of sp³-hybridized carbons (Fsp3) is 0.951. The first-order valence-electron chi connectivity index (χ1n) is 41.9. The highest BCUT2D eigenvalue weighted by Gasteiger charge is 2.30. The van der Waals surface area contributed by atoms with Gasteiger partial charge >= 0.3 is 39.5 Å². The van der Waals surface area contributed by atoms with Crippen molar-refractivity contribution >= 4 is 39.5 Å². The number of aliphatic hydroxyl groups is 1. The molecule has 100 heavy (non-hydrogen) atoms. The number of phosphoric ester groups is 2. The number of hydrogen-bond donors (Lipinski definition) is 3. The summed E-state index contributed by atoms with van der Waals surface area (Å²) in [6.45, 7) is 11.9. The number of phosphoric acid groups is 2. The van der Waals surface area contributed by atoms with Gasteiger partial charge in [-0.2, -0.15) is 0 Å². The second kappa shape index (κ2) is 71.3. The molecule has 0 rings (SSSR count). The van der Waals surface area contributed by atoms with Crippen LogP contribution in [0.1, 0.15) is 421 Å². The Morgan fingerprint density at radius 1 is 0.290 bits per heavy atom. The average molecular weight is 1470 g/mol. The van der Waals surface area contributed by atoms with Crippen LogP contribution < -0.4 is 0 Å². The van der Waals surface area contributed by atoms with E-state index in [2.05, 4.69) is 48.5 Å². The van der Waals surface area contributed by atoms with E-state index in [1.54, 1.807) is 0 Å². The smallest absolute Gasteiger partial charge is 0.462 e. The summed E-state index contributed by atoms with van der Waals surface area (Å²) in [5.74, 6) is 0.178. The van der Waals surface area contributed by atoms with Crippen LogP contribution in [0.15, 0.2) is 0 Å². The standard InChI is InChI=1S/C81H158O17P2/c1-8-10-11-12-13-14-15-16-17-18-19-23-26-29-35-40-48-55-62-78(83)91-68-76(97-80(85)64-57-50-41-36-30-27-24-21-20-22-25-28-33-38-45-52-59-72(3)4)70-95-99(87,88)93-66-75(82)67-94-100(89,90)96-71-77(69-92-79(84)63-56-49-44-43-46-53-60-73(5)6)98-81(86)65-58-51-42-37-32-31-34-39-47-54-61-74(7)9-2/h72-77,82H,8-71H2,1-7H3,(H,87,88)(H,89,90)/t74?,75-,76-,77-/m1/s1. The molecule has 0 saturated heterocycles. The van der Waals surface area contributed by atoms with Crippen LogP contribution in [0.2, 0.25) is 0 Å². The second-order valence-electron chi connectivity index (χ2n) is 30.4. The molecule has 0 bridgehead atoms. The lowest BCUT2D eigenvalue weighted by atomic mass is 9.99. The van der Waals surface area contributed by atoms with Gasteiger partial charge in [-0.3, -0.25) is 37.3 Å². The van der Waals surface area contributed by atoms with Gasteiger partial charge in [0.2, 0.25) is 0 Å². The maximum absolute atomic E-state index is 13.1. The molecule has 0 aromatic carbocycles. The molecule has 17 nitrogen and oxygen atoms in total. The van der Waals surface area contributed by atoms with Gasteiger partial charge in [-0.25, -0.2) is 9.13 Å². The molecular formula is C81H158O17P2. The predicted molar refractivity (Wildman–Crippen MR) is 409 cm³/mol. The zero-order chi connectivity index (χ0) is 73.7. The molecule has 0 aliphatic rings. The van der Waals surface area contributed by atoms with Crippen LogP contribution in [-0.2, 0) is 65.4 Å². The maximum Gasteiger partial charge on any atom is 0.472 e. The van der Waals surface area contributed by atoms with Gasteiger partial charge in [0.15, 0.2) is 12.2 Å². The summed E-state index contributed by atoms with van der Waals surface area (Å²) < 4.78 is 68.7. The molecule has 0 spiro atoms. The van der Waals surface area contributed by atoms with Crippen LogP contribution in [0.4, 0.5) is 0 Å². The average Bonchev–Trinajstić information content (AvgIpc) is 0.940. The third-order valence-corrected chi connectivity index (χ3v) is 21.1.